The first-order valence-electron chi connectivity index (χ1n) is 5.80. The zero-order valence-electron chi connectivity index (χ0n) is 10.1. The smallest absolute Gasteiger partial charge is 0.242 e. The molecule has 0 saturated heterocycles. The Labute approximate surface area is 116 Å². The molecule has 4 nitrogen and oxygen atoms in total. The Balaban J connectivity index is 2.29. The Morgan fingerprint density at radius 3 is 2.56 bits per heavy atom. The molecule has 1 fully saturated rings. The third-order valence-corrected chi connectivity index (χ3v) is 5.92. The van der Waals surface area contributed by atoms with E-state index in [0.717, 1.165) is 19.3 Å². The van der Waals surface area contributed by atoms with Crippen molar-refractivity contribution in [3.8, 4) is 0 Å². The second-order valence-corrected chi connectivity index (χ2v) is 7.45. The molecule has 0 heterocycles. The van der Waals surface area contributed by atoms with E-state index in [-0.39, 0.29) is 17.0 Å². The van der Waals surface area contributed by atoms with Gasteiger partial charge in [0.05, 0.1) is 11.5 Å². The molecule has 1 aliphatic rings. The number of aliphatic hydroxyl groups excluding tert-OH is 1. The van der Waals surface area contributed by atoms with E-state index in [1.54, 1.807) is 12.1 Å². The van der Waals surface area contributed by atoms with Gasteiger partial charge in [0, 0.05) is 10.0 Å². The first-order chi connectivity index (χ1) is 8.36. The Bertz CT molecular complexity index is 552. The Morgan fingerprint density at radius 1 is 1.44 bits per heavy atom. The maximum Gasteiger partial charge on any atom is 0.242 e. The second kappa shape index (κ2) is 4.92. The van der Waals surface area contributed by atoms with Gasteiger partial charge >= 0.3 is 0 Å². The van der Waals surface area contributed by atoms with Gasteiger partial charge in [-0.2, -0.15) is 0 Å². The molecule has 0 radical (unpaired) electrons. The van der Waals surface area contributed by atoms with Gasteiger partial charge in [-0.15, -0.1) is 0 Å². The molecule has 0 aliphatic heterocycles. The molecule has 100 valence electrons. The fraction of sp³-hybridized carbons (Fsp3) is 0.500. The van der Waals surface area contributed by atoms with E-state index in [1.165, 1.54) is 6.07 Å². The standard InChI is InChI=1S/C12H16BrNO3S/c1-12(5-2-6-12)14-18(16,17)11-4-3-9(8-15)7-10(11)13/h3-4,7,14-15H,2,5-6,8H2,1H3. The summed E-state index contributed by atoms with van der Waals surface area (Å²) in [6.45, 7) is 1.81. The summed E-state index contributed by atoms with van der Waals surface area (Å²) in [5.41, 5.74) is 0.365. The molecule has 0 unspecified atom stereocenters. The molecule has 18 heavy (non-hydrogen) atoms. The van der Waals surface area contributed by atoms with Crippen LogP contribution in [-0.2, 0) is 16.6 Å². The van der Waals surface area contributed by atoms with Gasteiger partial charge in [-0.25, -0.2) is 13.1 Å². The van der Waals surface area contributed by atoms with E-state index < -0.39 is 10.0 Å². The number of hydrogen-bond donors (Lipinski definition) is 2. The number of benzene rings is 1. The minimum absolute atomic E-state index is 0.107. The summed E-state index contributed by atoms with van der Waals surface area (Å²) in [4.78, 5) is 0.216. The minimum atomic E-state index is -3.51. The van der Waals surface area contributed by atoms with Crippen LogP contribution >= 0.6 is 15.9 Å². The topological polar surface area (TPSA) is 66.4 Å². The highest BCUT2D eigenvalue weighted by Gasteiger charge is 2.36. The summed E-state index contributed by atoms with van der Waals surface area (Å²) in [7, 11) is -3.51. The monoisotopic (exact) mass is 333 g/mol. The molecule has 1 aromatic rings. The van der Waals surface area contributed by atoms with Crippen LogP contribution in [0.25, 0.3) is 0 Å². The molecule has 1 aromatic carbocycles. The van der Waals surface area contributed by atoms with Gasteiger partial charge < -0.3 is 5.11 Å². The van der Waals surface area contributed by atoms with Crippen molar-refractivity contribution in [1.29, 1.82) is 0 Å². The van der Waals surface area contributed by atoms with E-state index in [2.05, 4.69) is 20.7 Å². The van der Waals surface area contributed by atoms with Crippen LogP contribution in [0.3, 0.4) is 0 Å². The highest BCUT2D eigenvalue weighted by Crippen LogP contribution is 2.33. The van der Waals surface area contributed by atoms with Gasteiger partial charge in [-0.05, 0) is 59.8 Å². The first-order valence-corrected chi connectivity index (χ1v) is 8.07. The second-order valence-electron chi connectivity index (χ2n) is 4.94. The van der Waals surface area contributed by atoms with E-state index in [9.17, 15) is 8.42 Å². The zero-order chi connectivity index (χ0) is 13.4. The van der Waals surface area contributed by atoms with Crippen LogP contribution in [0.4, 0.5) is 0 Å². The maximum absolute atomic E-state index is 12.3. The summed E-state index contributed by atoms with van der Waals surface area (Å²) in [5, 5.41) is 9.00. The molecule has 0 atom stereocenters. The van der Waals surface area contributed by atoms with E-state index >= 15 is 0 Å². The predicted molar refractivity (Wildman–Crippen MR) is 72.6 cm³/mol. The molecule has 0 bridgehead atoms. The Hall–Kier alpha value is -0.430. The summed E-state index contributed by atoms with van der Waals surface area (Å²) >= 11 is 3.24. The van der Waals surface area contributed by atoms with Crippen LogP contribution in [0, 0.1) is 0 Å². The molecule has 1 saturated carbocycles. The van der Waals surface area contributed by atoms with Crippen LogP contribution in [0.5, 0.6) is 0 Å². The molecular weight excluding hydrogens is 318 g/mol. The number of sulfonamides is 1. The highest BCUT2D eigenvalue weighted by atomic mass is 79.9. The van der Waals surface area contributed by atoms with Crippen LogP contribution in [0.1, 0.15) is 31.7 Å². The van der Waals surface area contributed by atoms with E-state index in [1.807, 2.05) is 6.92 Å². The van der Waals surface area contributed by atoms with Gasteiger partial charge in [-0.3, -0.25) is 0 Å². The van der Waals surface area contributed by atoms with Crippen molar-refractivity contribution in [3.05, 3.63) is 28.2 Å². The normalized spacial score (nSPS) is 18.4. The van der Waals surface area contributed by atoms with Crippen molar-refractivity contribution < 1.29 is 13.5 Å². The SMILES string of the molecule is CC1(NS(=O)(=O)c2ccc(CO)cc2Br)CCC1. The van der Waals surface area contributed by atoms with Crippen molar-refractivity contribution in [1.82, 2.24) is 4.72 Å². The van der Waals surface area contributed by atoms with Crippen molar-refractivity contribution >= 4 is 26.0 Å². The third kappa shape index (κ3) is 2.77. The van der Waals surface area contributed by atoms with Crippen molar-refractivity contribution in [3.63, 3.8) is 0 Å². The largest absolute Gasteiger partial charge is 0.392 e. The van der Waals surface area contributed by atoms with Gasteiger partial charge in [-0.1, -0.05) is 6.07 Å². The quantitative estimate of drug-likeness (QED) is 0.887. The van der Waals surface area contributed by atoms with Gasteiger partial charge in [0.15, 0.2) is 0 Å². The lowest BCUT2D eigenvalue weighted by Gasteiger charge is -2.38. The first kappa shape index (κ1) is 14.0. The van der Waals surface area contributed by atoms with Crippen LogP contribution < -0.4 is 4.72 Å². The summed E-state index contributed by atoms with van der Waals surface area (Å²) in [6.07, 6.45) is 2.81. The molecule has 2 N–H and O–H groups in total. The van der Waals surface area contributed by atoms with Crippen LogP contribution in [0.2, 0.25) is 0 Å². The molecule has 0 spiro atoms. The lowest BCUT2D eigenvalue weighted by atomic mass is 9.80. The van der Waals surface area contributed by atoms with Crippen LogP contribution in [0.15, 0.2) is 27.6 Å². The average Bonchev–Trinajstić information content (AvgIpc) is 2.25. The van der Waals surface area contributed by atoms with Crippen molar-refractivity contribution in [2.24, 2.45) is 0 Å². The van der Waals surface area contributed by atoms with Gasteiger partial charge in [0.1, 0.15) is 0 Å². The number of rotatable bonds is 4. The third-order valence-electron chi connectivity index (χ3n) is 3.31. The Kier molecular flexibility index (Phi) is 3.82. The lowest BCUT2D eigenvalue weighted by Crippen LogP contribution is -2.50. The van der Waals surface area contributed by atoms with E-state index in [0.29, 0.717) is 10.0 Å². The molecule has 2 rings (SSSR count). The number of nitrogens with one attached hydrogen (secondary N) is 1. The number of hydrogen-bond acceptors (Lipinski definition) is 3. The maximum atomic E-state index is 12.3. The highest BCUT2D eigenvalue weighted by molar-refractivity contribution is 9.10. The molecule has 0 aromatic heterocycles. The lowest BCUT2D eigenvalue weighted by molar-refractivity contribution is 0.248. The molecule has 6 heteroatoms. The van der Waals surface area contributed by atoms with E-state index in [4.69, 9.17) is 5.11 Å². The van der Waals surface area contributed by atoms with Gasteiger partial charge in [0.2, 0.25) is 10.0 Å². The summed E-state index contributed by atoms with van der Waals surface area (Å²) < 4.78 is 27.7. The number of aliphatic hydroxyl groups is 1. The van der Waals surface area contributed by atoms with Gasteiger partial charge in [0.25, 0.3) is 0 Å². The Morgan fingerprint density at radius 2 is 2.11 bits per heavy atom. The molecular formula is C12H16BrNO3S. The average molecular weight is 334 g/mol. The number of halogens is 1. The van der Waals surface area contributed by atoms with Crippen molar-refractivity contribution in [2.75, 3.05) is 0 Å². The fourth-order valence-corrected chi connectivity index (χ4v) is 4.64. The zero-order valence-corrected chi connectivity index (χ0v) is 12.5. The molecule has 0 amide bonds. The summed E-state index contributed by atoms with van der Waals surface area (Å²) in [5.74, 6) is 0. The molecule has 1 aliphatic carbocycles. The summed E-state index contributed by atoms with van der Waals surface area (Å²) in [6, 6.07) is 4.75. The predicted octanol–water partition coefficient (Wildman–Crippen LogP) is 2.16. The minimum Gasteiger partial charge on any atom is -0.392 e. The fourth-order valence-electron chi connectivity index (χ4n) is 2.05. The van der Waals surface area contributed by atoms with Crippen LogP contribution in [-0.4, -0.2) is 19.1 Å². The van der Waals surface area contributed by atoms with Crippen molar-refractivity contribution in [2.45, 2.75) is 43.2 Å².